The molecule has 2 aromatic rings. The average molecular weight is 343 g/mol. The Kier molecular flexibility index (Phi) is 5.11. The Hall–Kier alpha value is -2.70. The fraction of sp³-hybridized carbons (Fsp3) is 0.444. The molecule has 7 nitrogen and oxygen atoms in total. The molecule has 0 saturated heterocycles. The van der Waals surface area contributed by atoms with Crippen LogP contribution in [0.15, 0.2) is 29.1 Å². The molecule has 1 heterocycles. The second-order valence-electron chi connectivity index (χ2n) is 6.28. The van der Waals surface area contributed by atoms with Crippen LogP contribution in [-0.2, 0) is 9.53 Å². The Labute approximate surface area is 144 Å². The molecule has 2 atom stereocenters. The maximum absolute atomic E-state index is 12.6. The van der Waals surface area contributed by atoms with Gasteiger partial charge in [-0.3, -0.25) is 14.4 Å². The Bertz CT molecular complexity index is 846. The van der Waals surface area contributed by atoms with Gasteiger partial charge in [0.2, 0.25) is 0 Å². The number of fused-ring (bicyclic) bond motifs is 1. The van der Waals surface area contributed by atoms with Crippen LogP contribution in [0.5, 0.6) is 0 Å². The zero-order valence-corrected chi connectivity index (χ0v) is 14.1. The number of carbonyl (C=O) groups excluding carboxylic acids is 2. The molecule has 1 amide bonds. The lowest BCUT2D eigenvalue weighted by molar-refractivity contribution is -0.146. The number of para-hydroxylation sites is 1. The van der Waals surface area contributed by atoms with Gasteiger partial charge in [0.1, 0.15) is 0 Å². The first kappa shape index (κ1) is 17.1. The number of nitrogens with zero attached hydrogens (tertiary/aromatic N) is 1. The van der Waals surface area contributed by atoms with E-state index in [4.69, 9.17) is 4.74 Å². The van der Waals surface area contributed by atoms with Gasteiger partial charge in [0, 0.05) is 6.04 Å². The topological polar surface area (TPSA) is 101 Å². The number of hydrogen-bond acceptors (Lipinski definition) is 5. The van der Waals surface area contributed by atoms with Crippen LogP contribution in [0.25, 0.3) is 10.9 Å². The van der Waals surface area contributed by atoms with E-state index in [0.29, 0.717) is 23.7 Å². The molecular weight excluding hydrogens is 322 g/mol. The number of esters is 1. The third-order valence-electron chi connectivity index (χ3n) is 4.66. The highest BCUT2D eigenvalue weighted by Gasteiger charge is 2.32. The van der Waals surface area contributed by atoms with Gasteiger partial charge in [0.05, 0.1) is 23.9 Å². The molecule has 7 heteroatoms. The van der Waals surface area contributed by atoms with Gasteiger partial charge in [-0.2, -0.15) is 0 Å². The molecule has 2 unspecified atom stereocenters. The van der Waals surface area contributed by atoms with Gasteiger partial charge in [0.15, 0.2) is 5.82 Å². The van der Waals surface area contributed by atoms with Gasteiger partial charge in [-0.25, -0.2) is 4.98 Å². The van der Waals surface area contributed by atoms with Crippen LogP contribution in [0.3, 0.4) is 0 Å². The summed E-state index contributed by atoms with van der Waals surface area (Å²) in [5.41, 5.74) is 0.0999. The lowest BCUT2D eigenvalue weighted by Crippen LogP contribution is -2.44. The predicted molar refractivity (Wildman–Crippen MR) is 92.2 cm³/mol. The summed E-state index contributed by atoms with van der Waals surface area (Å²) in [6.07, 6.45) is 4.25. The highest BCUT2D eigenvalue weighted by Crippen LogP contribution is 2.24. The number of H-pyrrole nitrogens is 1. The molecule has 3 rings (SSSR count). The second-order valence-corrected chi connectivity index (χ2v) is 6.28. The van der Waals surface area contributed by atoms with Crippen molar-refractivity contribution in [1.29, 1.82) is 0 Å². The van der Waals surface area contributed by atoms with Crippen molar-refractivity contribution in [3.63, 3.8) is 0 Å². The van der Waals surface area contributed by atoms with Crippen molar-refractivity contribution >= 4 is 22.8 Å². The minimum atomic E-state index is -0.483. The van der Waals surface area contributed by atoms with E-state index in [-0.39, 0.29) is 29.3 Å². The van der Waals surface area contributed by atoms with Crippen molar-refractivity contribution in [3.8, 4) is 0 Å². The summed E-state index contributed by atoms with van der Waals surface area (Å²) in [6, 6.07) is 6.52. The van der Waals surface area contributed by atoms with Gasteiger partial charge in [-0.1, -0.05) is 31.4 Å². The summed E-state index contributed by atoms with van der Waals surface area (Å²) in [4.78, 5) is 43.5. The van der Waals surface area contributed by atoms with E-state index >= 15 is 0 Å². The van der Waals surface area contributed by atoms with Crippen LogP contribution in [0, 0.1) is 5.92 Å². The van der Waals surface area contributed by atoms with E-state index in [1.165, 1.54) is 7.11 Å². The zero-order valence-electron chi connectivity index (χ0n) is 14.1. The number of rotatable bonds is 3. The van der Waals surface area contributed by atoms with Crippen LogP contribution in [0.4, 0.5) is 0 Å². The quantitative estimate of drug-likeness (QED) is 0.653. The SMILES string of the molecule is COC(=O)C1CCCCCC1NC(=O)c1nc2ccccc2c(=O)[nH]1. The molecule has 1 aliphatic rings. The van der Waals surface area contributed by atoms with Crippen molar-refractivity contribution in [3.05, 3.63) is 40.4 Å². The number of ether oxygens (including phenoxy) is 1. The molecular formula is C18H21N3O4. The van der Waals surface area contributed by atoms with Gasteiger partial charge in [0.25, 0.3) is 11.5 Å². The van der Waals surface area contributed by atoms with Crippen molar-refractivity contribution in [2.24, 2.45) is 5.92 Å². The molecule has 25 heavy (non-hydrogen) atoms. The van der Waals surface area contributed by atoms with Crippen LogP contribution < -0.4 is 10.9 Å². The molecule has 1 saturated carbocycles. The summed E-state index contributed by atoms with van der Waals surface area (Å²) < 4.78 is 4.88. The molecule has 2 N–H and O–H groups in total. The Balaban J connectivity index is 1.85. The molecule has 0 spiro atoms. The molecule has 0 aliphatic heterocycles. The third-order valence-corrected chi connectivity index (χ3v) is 4.66. The van der Waals surface area contributed by atoms with Crippen LogP contribution in [-0.4, -0.2) is 35.0 Å². The number of benzene rings is 1. The largest absolute Gasteiger partial charge is 0.469 e. The number of aromatic amines is 1. The van der Waals surface area contributed by atoms with Crippen LogP contribution in [0.1, 0.15) is 42.7 Å². The summed E-state index contributed by atoms with van der Waals surface area (Å²) in [5.74, 6) is -1.21. The number of nitrogens with one attached hydrogen (secondary N) is 2. The first-order valence-electron chi connectivity index (χ1n) is 8.48. The normalized spacial score (nSPS) is 20.7. The van der Waals surface area contributed by atoms with Crippen LogP contribution in [0.2, 0.25) is 0 Å². The van der Waals surface area contributed by atoms with Gasteiger partial charge in [-0.05, 0) is 25.0 Å². The molecule has 132 valence electrons. The summed E-state index contributed by atoms with van der Waals surface area (Å²) in [7, 11) is 1.36. The summed E-state index contributed by atoms with van der Waals surface area (Å²) >= 11 is 0. The maximum Gasteiger partial charge on any atom is 0.310 e. The maximum atomic E-state index is 12.6. The highest BCUT2D eigenvalue weighted by atomic mass is 16.5. The third kappa shape index (κ3) is 3.70. The number of amides is 1. The van der Waals surface area contributed by atoms with Crippen molar-refractivity contribution < 1.29 is 14.3 Å². The molecule has 0 bridgehead atoms. The van der Waals surface area contributed by atoms with Gasteiger partial charge < -0.3 is 15.0 Å². The number of hydrogen-bond donors (Lipinski definition) is 2. The van der Waals surface area contributed by atoms with E-state index in [1.54, 1.807) is 24.3 Å². The standard InChI is InChI=1S/C18H21N3O4/c1-25-18(24)12-8-3-2-4-9-14(12)20-17(23)15-19-13-10-6-5-7-11(13)16(22)21-15/h5-7,10,12,14H,2-4,8-9H2,1H3,(H,20,23)(H,19,21,22). The smallest absolute Gasteiger partial charge is 0.310 e. The zero-order chi connectivity index (χ0) is 17.8. The van der Waals surface area contributed by atoms with E-state index in [9.17, 15) is 14.4 Å². The first-order chi connectivity index (χ1) is 12.1. The predicted octanol–water partition coefficient (Wildman–Crippen LogP) is 1.77. The molecule has 1 aliphatic carbocycles. The van der Waals surface area contributed by atoms with E-state index in [2.05, 4.69) is 15.3 Å². The van der Waals surface area contributed by atoms with Gasteiger partial charge in [-0.15, -0.1) is 0 Å². The monoisotopic (exact) mass is 343 g/mol. The van der Waals surface area contributed by atoms with E-state index in [0.717, 1.165) is 19.3 Å². The Morgan fingerprint density at radius 2 is 1.96 bits per heavy atom. The van der Waals surface area contributed by atoms with Crippen molar-refractivity contribution in [1.82, 2.24) is 15.3 Å². The molecule has 1 aromatic carbocycles. The molecule has 1 aromatic heterocycles. The molecule has 0 radical (unpaired) electrons. The Morgan fingerprint density at radius 3 is 2.76 bits per heavy atom. The fourth-order valence-electron chi connectivity index (χ4n) is 3.34. The fourth-order valence-corrected chi connectivity index (χ4v) is 3.34. The number of methoxy groups -OCH3 is 1. The lowest BCUT2D eigenvalue weighted by atomic mass is 9.94. The van der Waals surface area contributed by atoms with E-state index in [1.807, 2.05) is 0 Å². The van der Waals surface area contributed by atoms with Crippen molar-refractivity contribution in [2.75, 3.05) is 7.11 Å². The van der Waals surface area contributed by atoms with E-state index < -0.39 is 5.91 Å². The summed E-state index contributed by atoms with van der Waals surface area (Å²) in [5, 5.41) is 3.29. The lowest BCUT2D eigenvalue weighted by Gasteiger charge is -2.23. The molecule has 1 fully saturated rings. The second kappa shape index (κ2) is 7.46. The first-order valence-corrected chi connectivity index (χ1v) is 8.48. The van der Waals surface area contributed by atoms with Gasteiger partial charge >= 0.3 is 5.97 Å². The summed E-state index contributed by atoms with van der Waals surface area (Å²) in [6.45, 7) is 0. The van der Waals surface area contributed by atoms with Crippen molar-refractivity contribution in [2.45, 2.75) is 38.1 Å². The number of aromatic nitrogens is 2. The highest BCUT2D eigenvalue weighted by molar-refractivity contribution is 5.93. The number of carbonyl (C=O) groups is 2. The minimum absolute atomic E-state index is 0.0448. The average Bonchev–Trinajstić information content (AvgIpc) is 2.86. The Morgan fingerprint density at radius 1 is 1.20 bits per heavy atom. The minimum Gasteiger partial charge on any atom is -0.469 e. The van der Waals surface area contributed by atoms with Crippen LogP contribution >= 0.6 is 0 Å².